The molecule has 1 rings (SSSR count). The van der Waals surface area contributed by atoms with Gasteiger partial charge in [0.25, 0.3) is 0 Å². The van der Waals surface area contributed by atoms with Crippen molar-refractivity contribution < 1.29 is 8.42 Å². The lowest BCUT2D eigenvalue weighted by atomic mass is 9.96. The molecule has 0 bridgehead atoms. The van der Waals surface area contributed by atoms with Crippen LogP contribution in [0.5, 0.6) is 0 Å². The third-order valence-corrected chi connectivity index (χ3v) is 3.84. The van der Waals surface area contributed by atoms with E-state index in [-0.39, 0.29) is 11.8 Å². The molecular formula is C9H19NO2S. The second-order valence-electron chi connectivity index (χ2n) is 4.28. The van der Waals surface area contributed by atoms with Crippen LogP contribution in [-0.2, 0) is 9.84 Å². The first kappa shape index (κ1) is 11.0. The first-order valence-corrected chi connectivity index (χ1v) is 6.89. The van der Waals surface area contributed by atoms with Gasteiger partial charge >= 0.3 is 0 Å². The van der Waals surface area contributed by atoms with Gasteiger partial charge in [0.1, 0.15) is 9.84 Å². The summed E-state index contributed by atoms with van der Waals surface area (Å²) < 4.78 is 21.8. The van der Waals surface area contributed by atoms with Gasteiger partial charge < -0.3 is 5.73 Å². The fraction of sp³-hybridized carbons (Fsp3) is 1.00. The molecule has 0 aromatic carbocycles. The predicted octanol–water partition coefficient (Wildman–Crippen LogP) is 0.794. The maximum Gasteiger partial charge on any atom is 0.147 e. The van der Waals surface area contributed by atoms with Crippen molar-refractivity contribution in [1.82, 2.24) is 0 Å². The summed E-state index contributed by atoms with van der Waals surface area (Å²) >= 11 is 0. The van der Waals surface area contributed by atoms with Crippen molar-refractivity contribution in [2.45, 2.75) is 32.2 Å². The van der Waals surface area contributed by atoms with Crippen molar-refractivity contribution in [2.24, 2.45) is 17.6 Å². The Hall–Kier alpha value is -0.0900. The highest BCUT2D eigenvalue weighted by molar-refractivity contribution is 7.90. The molecule has 0 spiro atoms. The average molecular weight is 205 g/mol. The summed E-state index contributed by atoms with van der Waals surface area (Å²) in [6.45, 7) is 2.13. The van der Waals surface area contributed by atoms with Gasteiger partial charge in [-0.25, -0.2) is 8.42 Å². The zero-order chi connectivity index (χ0) is 10.1. The summed E-state index contributed by atoms with van der Waals surface area (Å²) in [6.07, 6.45) is 4.42. The van der Waals surface area contributed by atoms with Crippen LogP contribution in [0, 0.1) is 11.8 Å². The fourth-order valence-corrected chi connectivity index (χ4v) is 2.28. The van der Waals surface area contributed by atoms with E-state index in [9.17, 15) is 8.42 Å². The van der Waals surface area contributed by atoms with E-state index < -0.39 is 9.84 Å². The Balaban J connectivity index is 2.27. The van der Waals surface area contributed by atoms with Crippen LogP contribution >= 0.6 is 0 Å². The van der Waals surface area contributed by atoms with Crippen molar-refractivity contribution in [1.29, 1.82) is 0 Å². The van der Waals surface area contributed by atoms with Gasteiger partial charge in [-0.1, -0.05) is 6.92 Å². The molecule has 0 amide bonds. The molecule has 2 unspecified atom stereocenters. The molecular weight excluding hydrogens is 186 g/mol. The number of hydrogen-bond donors (Lipinski definition) is 1. The van der Waals surface area contributed by atoms with E-state index in [4.69, 9.17) is 5.73 Å². The third-order valence-electron chi connectivity index (χ3n) is 2.86. The van der Waals surface area contributed by atoms with E-state index in [1.165, 1.54) is 19.1 Å². The SMILES string of the molecule is CC(C(N)CCS(C)(=O)=O)C1CC1. The van der Waals surface area contributed by atoms with Crippen LogP contribution in [0.2, 0.25) is 0 Å². The highest BCUT2D eigenvalue weighted by Gasteiger charge is 2.31. The quantitative estimate of drug-likeness (QED) is 0.722. The number of rotatable bonds is 5. The van der Waals surface area contributed by atoms with E-state index in [2.05, 4.69) is 6.92 Å². The number of nitrogens with two attached hydrogens (primary N) is 1. The molecule has 2 N–H and O–H groups in total. The van der Waals surface area contributed by atoms with Gasteiger partial charge in [-0.3, -0.25) is 0 Å². The van der Waals surface area contributed by atoms with Crippen LogP contribution in [-0.4, -0.2) is 26.5 Å². The van der Waals surface area contributed by atoms with Gasteiger partial charge in [-0.15, -0.1) is 0 Å². The standard InChI is InChI=1S/C9H19NO2S/c1-7(8-3-4-8)9(10)5-6-13(2,11)12/h7-9H,3-6,10H2,1-2H3. The van der Waals surface area contributed by atoms with E-state index in [0.29, 0.717) is 12.3 Å². The zero-order valence-corrected chi connectivity index (χ0v) is 9.18. The first-order chi connectivity index (χ1) is 5.90. The van der Waals surface area contributed by atoms with Crippen LogP contribution in [0.15, 0.2) is 0 Å². The third kappa shape index (κ3) is 4.09. The maximum atomic E-state index is 10.9. The maximum absolute atomic E-state index is 10.9. The normalized spacial score (nSPS) is 22.7. The highest BCUT2D eigenvalue weighted by atomic mass is 32.2. The van der Waals surface area contributed by atoms with Crippen LogP contribution in [0.4, 0.5) is 0 Å². The van der Waals surface area contributed by atoms with Crippen LogP contribution < -0.4 is 5.73 Å². The second-order valence-corrected chi connectivity index (χ2v) is 6.54. The van der Waals surface area contributed by atoms with Crippen molar-refractivity contribution in [2.75, 3.05) is 12.0 Å². The average Bonchev–Trinajstić information content (AvgIpc) is 2.79. The van der Waals surface area contributed by atoms with Crippen molar-refractivity contribution >= 4 is 9.84 Å². The van der Waals surface area contributed by atoms with Crippen molar-refractivity contribution in [3.8, 4) is 0 Å². The molecule has 1 fully saturated rings. The molecule has 0 aromatic rings. The topological polar surface area (TPSA) is 60.2 Å². The van der Waals surface area contributed by atoms with E-state index in [1.54, 1.807) is 0 Å². The van der Waals surface area contributed by atoms with Crippen LogP contribution in [0.3, 0.4) is 0 Å². The van der Waals surface area contributed by atoms with Gasteiger partial charge in [-0.05, 0) is 31.1 Å². The first-order valence-electron chi connectivity index (χ1n) is 4.83. The van der Waals surface area contributed by atoms with Gasteiger partial charge in [0, 0.05) is 12.3 Å². The number of hydrogen-bond acceptors (Lipinski definition) is 3. The van der Waals surface area contributed by atoms with Gasteiger partial charge in [0.05, 0.1) is 5.75 Å². The van der Waals surface area contributed by atoms with E-state index in [1.807, 2.05) is 0 Å². The second kappa shape index (κ2) is 3.96. The lowest BCUT2D eigenvalue weighted by molar-refractivity contribution is 0.398. The molecule has 2 atom stereocenters. The minimum Gasteiger partial charge on any atom is -0.327 e. The Bertz CT molecular complexity index is 257. The Kier molecular flexibility index (Phi) is 3.35. The smallest absolute Gasteiger partial charge is 0.147 e. The van der Waals surface area contributed by atoms with E-state index >= 15 is 0 Å². The van der Waals surface area contributed by atoms with Crippen LogP contribution in [0.1, 0.15) is 26.2 Å². The van der Waals surface area contributed by atoms with Gasteiger partial charge in [-0.2, -0.15) is 0 Å². The molecule has 78 valence electrons. The zero-order valence-electron chi connectivity index (χ0n) is 8.36. The number of sulfone groups is 1. The van der Waals surface area contributed by atoms with Crippen molar-refractivity contribution in [3.63, 3.8) is 0 Å². The Morgan fingerprint density at radius 3 is 2.38 bits per heavy atom. The molecule has 13 heavy (non-hydrogen) atoms. The molecule has 1 aliphatic carbocycles. The highest BCUT2D eigenvalue weighted by Crippen LogP contribution is 2.38. The lowest BCUT2D eigenvalue weighted by Crippen LogP contribution is -2.31. The molecule has 0 radical (unpaired) electrons. The monoisotopic (exact) mass is 205 g/mol. The summed E-state index contributed by atoms with van der Waals surface area (Å²) in [5, 5.41) is 0. The molecule has 0 aliphatic heterocycles. The van der Waals surface area contributed by atoms with Gasteiger partial charge in [0.2, 0.25) is 0 Å². The molecule has 3 nitrogen and oxygen atoms in total. The minimum absolute atomic E-state index is 0.0576. The van der Waals surface area contributed by atoms with Crippen molar-refractivity contribution in [3.05, 3.63) is 0 Å². The molecule has 0 heterocycles. The summed E-state index contributed by atoms with van der Waals surface area (Å²) in [5.74, 6) is 1.47. The minimum atomic E-state index is -2.84. The lowest BCUT2D eigenvalue weighted by Gasteiger charge is -2.18. The predicted molar refractivity (Wildman–Crippen MR) is 54.2 cm³/mol. The summed E-state index contributed by atoms with van der Waals surface area (Å²) in [6, 6.07) is 0.0576. The Morgan fingerprint density at radius 2 is 2.00 bits per heavy atom. The molecule has 0 aromatic heterocycles. The summed E-state index contributed by atoms with van der Waals surface area (Å²) in [7, 11) is -2.84. The molecule has 1 saturated carbocycles. The molecule has 1 aliphatic rings. The molecule has 0 saturated heterocycles. The van der Waals surface area contributed by atoms with E-state index in [0.717, 1.165) is 5.92 Å². The van der Waals surface area contributed by atoms with Crippen LogP contribution in [0.25, 0.3) is 0 Å². The van der Waals surface area contributed by atoms with Gasteiger partial charge in [0.15, 0.2) is 0 Å². The largest absolute Gasteiger partial charge is 0.327 e. The fourth-order valence-electron chi connectivity index (χ4n) is 1.58. The summed E-state index contributed by atoms with van der Waals surface area (Å²) in [5.41, 5.74) is 5.90. The summed E-state index contributed by atoms with van der Waals surface area (Å²) in [4.78, 5) is 0. The molecule has 4 heteroatoms. The Morgan fingerprint density at radius 1 is 1.46 bits per heavy atom. The Labute approximate surface area is 80.6 Å².